The molecule has 1 rings (SSSR count). The van der Waals surface area contributed by atoms with E-state index in [-0.39, 0.29) is 5.92 Å². The maximum absolute atomic E-state index is 12.1. The van der Waals surface area contributed by atoms with E-state index < -0.39 is 17.9 Å². The number of amides is 1. The van der Waals surface area contributed by atoms with Crippen molar-refractivity contribution in [3.05, 3.63) is 29.8 Å². The quantitative estimate of drug-likeness (QED) is 0.803. The molecule has 0 unspecified atom stereocenters. The number of ether oxygens (including phenoxy) is 1. The smallest absolute Gasteiger partial charge is 0.326 e. The standard InChI is InChI=1S/C15H21NO4/c1-4-20-12-7-5-6-11(9-12)14(17)16-13(15(18)19)8-10(2)3/h5-7,9-10,13H,4,8H2,1-3H3,(H,16,17)(H,18,19)/t13-/m1/s1. The SMILES string of the molecule is CCOc1cccc(C(=O)N[C@H](CC(C)C)C(=O)O)c1. The number of carboxylic acid groups (broad SMARTS) is 1. The van der Waals surface area contributed by atoms with Gasteiger partial charge in [0.25, 0.3) is 5.91 Å². The van der Waals surface area contributed by atoms with Crippen LogP contribution in [0.25, 0.3) is 0 Å². The van der Waals surface area contributed by atoms with Gasteiger partial charge in [0.2, 0.25) is 0 Å². The van der Waals surface area contributed by atoms with Gasteiger partial charge in [-0.2, -0.15) is 0 Å². The third kappa shape index (κ3) is 4.91. The highest BCUT2D eigenvalue weighted by Crippen LogP contribution is 2.14. The Bertz CT molecular complexity index is 471. The lowest BCUT2D eigenvalue weighted by molar-refractivity contribution is -0.139. The number of carboxylic acids is 1. The van der Waals surface area contributed by atoms with Crippen molar-refractivity contribution in [1.82, 2.24) is 5.32 Å². The molecule has 2 N–H and O–H groups in total. The molecule has 0 aromatic heterocycles. The minimum absolute atomic E-state index is 0.186. The first kappa shape index (κ1) is 16.0. The molecule has 5 heteroatoms. The van der Waals surface area contributed by atoms with Crippen molar-refractivity contribution >= 4 is 11.9 Å². The summed E-state index contributed by atoms with van der Waals surface area (Å²) in [6.07, 6.45) is 0.395. The second-order valence-electron chi connectivity index (χ2n) is 4.95. The first-order chi connectivity index (χ1) is 9.43. The molecule has 0 fully saturated rings. The number of carbonyl (C=O) groups excluding carboxylic acids is 1. The average Bonchev–Trinajstić information content (AvgIpc) is 2.38. The summed E-state index contributed by atoms with van der Waals surface area (Å²) in [6.45, 7) is 6.20. The van der Waals surface area contributed by atoms with Crippen molar-refractivity contribution in [3.8, 4) is 5.75 Å². The summed E-state index contributed by atoms with van der Waals surface area (Å²) in [5.41, 5.74) is 0.394. The molecule has 20 heavy (non-hydrogen) atoms. The van der Waals surface area contributed by atoms with Crippen LogP contribution >= 0.6 is 0 Å². The van der Waals surface area contributed by atoms with Gasteiger partial charge in [-0.25, -0.2) is 4.79 Å². The Morgan fingerprint density at radius 2 is 2.05 bits per heavy atom. The van der Waals surface area contributed by atoms with E-state index in [1.54, 1.807) is 24.3 Å². The minimum Gasteiger partial charge on any atom is -0.494 e. The molecule has 0 aliphatic carbocycles. The van der Waals surface area contributed by atoms with Crippen molar-refractivity contribution in [3.63, 3.8) is 0 Å². The second-order valence-corrected chi connectivity index (χ2v) is 4.95. The third-order valence-corrected chi connectivity index (χ3v) is 2.72. The fourth-order valence-corrected chi connectivity index (χ4v) is 1.83. The number of aliphatic carboxylic acids is 1. The molecule has 1 atom stereocenters. The van der Waals surface area contributed by atoms with Crippen LogP contribution in [0.15, 0.2) is 24.3 Å². The Morgan fingerprint density at radius 1 is 1.35 bits per heavy atom. The summed E-state index contributed by atoms with van der Waals surface area (Å²) >= 11 is 0. The number of rotatable bonds is 7. The molecule has 5 nitrogen and oxygen atoms in total. The van der Waals surface area contributed by atoms with Crippen molar-refractivity contribution in [1.29, 1.82) is 0 Å². The van der Waals surface area contributed by atoms with E-state index in [0.29, 0.717) is 24.3 Å². The highest BCUT2D eigenvalue weighted by Gasteiger charge is 2.21. The summed E-state index contributed by atoms with van der Waals surface area (Å²) in [6, 6.07) is 5.82. The molecule has 0 saturated carbocycles. The van der Waals surface area contributed by atoms with Crippen LogP contribution < -0.4 is 10.1 Å². The molecule has 0 radical (unpaired) electrons. The van der Waals surface area contributed by atoms with E-state index in [4.69, 9.17) is 9.84 Å². The van der Waals surface area contributed by atoms with E-state index >= 15 is 0 Å². The fraction of sp³-hybridized carbons (Fsp3) is 0.467. The molecule has 1 aromatic rings. The van der Waals surface area contributed by atoms with Crippen LogP contribution in [0.3, 0.4) is 0 Å². The average molecular weight is 279 g/mol. The van der Waals surface area contributed by atoms with Gasteiger partial charge < -0.3 is 15.2 Å². The Kier molecular flexibility index (Phi) is 6.03. The Labute approximate surface area is 118 Å². The predicted octanol–water partition coefficient (Wildman–Crippen LogP) is 2.31. The van der Waals surface area contributed by atoms with Crippen LogP contribution in [0.1, 0.15) is 37.6 Å². The first-order valence-electron chi connectivity index (χ1n) is 6.70. The largest absolute Gasteiger partial charge is 0.494 e. The number of hydrogen-bond donors (Lipinski definition) is 2. The van der Waals surface area contributed by atoms with Crippen molar-refractivity contribution in [2.75, 3.05) is 6.61 Å². The molecular weight excluding hydrogens is 258 g/mol. The zero-order valence-electron chi connectivity index (χ0n) is 12.1. The summed E-state index contributed by atoms with van der Waals surface area (Å²) < 4.78 is 5.32. The summed E-state index contributed by atoms with van der Waals surface area (Å²) in [5, 5.41) is 11.7. The predicted molar refractivity (Wildman–Crippen MR) is 76.0 cm³/mol. The molecular formula is C15H21NO4. The zero-order valence-corrected chi connectivity index (χ0v) is 12.1. The van der Waals surface area contributed by atoms with Gasteiger partial charge in [0.15, 0.2) is 0 Å². The van der Waals surface area contributed by atoms with Gasteiger partial charge in [-0.1, -0.05) is 19.9 Å². The van der Waals surface area contributed by atoms with E-state index in [9.17, 15) is 9.59 Å². The van der Waals surface area contributed by atoms with Crippen LogP contribution in [0, 0.1) is 5.92 Å². The molecule has 1 aromatic carbocycles. The number of hydrogen-bond acceptors (Lipinski definition) is 3. The molecule has 1 amide bonds. The van der Waals surface area contributed by atoms with Gasteiger partial charge in [0.1, 0.15) is 11.8 Å². The Balaban J connectivity index is 2.78. The van der Waals surface area contributed by atoms with Crippen LogP contribution in [-0.4, -0.2) is 29.6 Å². The first-order valence-corrected chi connectivity index (χ1v) is 6.70. The monoisotopic (exact) mass is 279 g/mol. The summed E-state index contributed by atoms with van der Waals surface area (Å²) in [5.74, 6) is -0.644. The molecule has 0 spiro atoms. The Hall–Kier alpha value is -2.04. The van der Waals surface area contributed by atoms with Crippen LogP contribution in [0.4, 0.5) is 0 Å². The van der Waals surface area contributed by atoms with Gasteiger partial charge in [-0.3, -0.25) is 4.79 Å². The second kappa shape index (κ2) is 7.53. The molecule has 0 aliphatic rings. The summed E-state index contributed by atoms with van der Waals surface area (Å²) in [4.78, 5) is 23.2. The van der Waals surface area contributed by atoms with E-state index in [1.165, 1.54) is 0 Å². The lowest BCUT2D eigenvalue weighted by Crippen LogP contribution is -2.41. The van der Waals surface area contributed by atoms with Gasteiger partial charge in [0, 0.05) is 5.56 Å². The maximum Gasteiger partial charge on any atom is 0.326 e. The molecule has 0 bridgehead atoms. The number of carbonyl (C=O) groups is 2. The molecule has 0 heterocycles. The zero-order chi connectivity index (χ0) is 15.1. The van der Waals surface area contributed by atoms with Gasteiger partial charge in [-0.15, -0.1) is 0 Å². The topological polar surface area (TPSA) is 75.6 Å². The van der Waals surface area contributed by atoms with Crippen molar-refractivity contribution in [2.45, 2.75) is 33.2 Å². The minimum atomic E-state index is -1.02. The van der Waals surface area contributed by atoms with Crippen LogP contribution in [0.2, 0.25) is 0 Å². The summed E-state index contributed by atoms with van der Waals surface area (Å²) in [7, 11) is 0. The highest BCUT2D eigenvalue weighted by atomic mass is 16.5. The maximum atomic E-state index is 12.1. The molecule has 0 aliphatic heterocycles. The van der Waals surface area contributed by atoms with Gasteiger partial charge in [0.05, 0.1) is 6.61 Å². The van der Waals surface area contributed by atoms with Crippen molar-refractivity contribution < 1.29 is 19.4 Å². The van der Waals surface area contributed by atoms with Gasteiger partial charge in [-0.05, 0) is 37.5 Å². The lowest BCUT2D eigenvalue weighted by atomic mass is 10.0. The number of nitrogens with one attached hydrogen (secondary N) is 1. The van der Waals surface area contributed by atoms with Crippen molar-refractivity contribution in [2.24, 2.45) is 5.92 Å². The van der Waals surface area contributed by atoms with Crippen LogP contribution in [0.5, 0.6) is 5.75 Å². The highest BCUT2D eigenvalue weighted by molar-refractivity contribution is 5.96. The molecule has 110 valence electrons. The van der Waals surface area contributed by atoms with Gasteiger partial charge >= 0.3 is 5.97 Å². The Morgan fingerprint density at radius 3 is 2.60 bits per heavy atom. The van der Waals surface area contributed by atoms with E-state index in [0.717, 1.165) is 0 Å². The third-order valence-electron chi connectivity index (χ3n) is 2.72. The van der Waals surface area contributed by atoms with E-state index in [1.807, 2.05) is 20.8 Å². The normalized spacial score (nSPS) is 12.0. The number of benzene rings is 1. The molecule has 0 saturated heterocycles. The lowest BCUT2D eigenvalue weighted by Gasteiger charge is -2.16. The van der Waals surface area contributed by atoms with Crippen LogP contribution in [-0.2, 0) is 4.79 Å². The van der Waals surface area contributed by atoms with E-state index in [2.05, 4.69) is 5.32 Å². The fourth-order valence-electron chi connectivity index (χ4n) is 1.83.